The summed E-state index contributed by atoms with van der Waals surface area (Å²) in [6.07, 6.45) is 5.02. The number of rotatable bonds is 3. The van der Waals surface area contributed by atoms with Crippen molar-refractivity contribution < 1.29 is 0 Å². The highest BCUT2D eigenvalue weighted by Gasteiger charge is 2.23. The van der Waals surface area contributed by atoms with Gasteiger partial charge in [-0.15, -0.1) is 0 Å². The zero-order chi connectivity index (χ0) is 16.0. The molecule has 0 aliphatic heterocycles. The van der Waals surface area contributed by atoms with Crippen LogP contribution in [0.15, 0.2) is 35.3 Å². The molecular weight excluding hydrogens is 288 g/mol. The molecule has 0 unspecified atom stereocenters. The summed E-state index contributed by atoms with van der Waals surface area (Å²) >= 11 is 0. The van der Waals surface area contributed by atoms with Crippen LogP contribution in [0.25, 0.3) is 16.7 Å². The molecule has 1 aliphatic carbocycles. The van der Waals surface area contributed by atoms with Gasteiger partial charge in [-0.1, -0.05) is 32.4 Å². The highest BCUT2D eigenvalue weighted by molar-refractivity contribution is 5.75. The van der Waals surface area contributed by atoms with Gasteiger partial charge >= 0.3 is 0 Å². The van der Waals surface area contributed by atoms with Crippen molar-refractivity contribution >= 4 is 11.0 Å². The molecule has 0 atom stereocenters. The number of aromatic amines is 1. The van der Waals surface area contributed by atoms with Crippen molar-refractivity contribution in [2.45, 2.75) is 44.9 Å². The number of nitrogens with one attached hydrogen (secondary N) is 1. The lowest BCUT2D eigenvalue weighted by Crippen LogP contribution is -2.19. The largest absolute Gasteiger partial charge is 0.310 e. The van der Waals surface area contributed by atoms with Gasteiger partial charge in [0.2, 0.25) is 0 Å². The summed E-state index contributed by atoms with van der Waals surface area (Å²) in [6, 6.07) is 8.28. The normalized spacial score (nSPS) is 15.3. The van der Waals surface area contributed by atoms with Crippen molar-refractivity contribution in [2.24, 2.45) is 0 Å². The minimum absolute atomic E-state index is 0.0954. The van der Waals surface area contributed by atoms with E-state index in [4.69, 9.17) is 4.98 Å². The van der Waals surface area contributed by atoms with Crippen molar-refractivity contribution in [3.63, 3.8) is 0 Å². The maximum atomic E-state index is 12.3. The summed E-state index contributed by atoms with van der Waals surface area (Å²) in [5, 5.41) is 4.92. The molecule has 1 aromatic carbocycles. The molecule has 5 nitrogen and oxygen atoms in total. The van der Waals surface area contributed by atoms with Gasteiger partial charge in [-0.25, -0.2) is 9.67 Å². The Labute approximate surface area is 134 Å². The second-order valence-corrected chi connectivity index (χ2v) is 6.62. The molecule has 2 aromatic heterocycles. The van der Waals surface area contributed by atoms with E-state index in [9.17, 15) is 4.79 Å². The lowest BCUT2D eigenvalue weighted by molar-refractivity contribution is 0.401. The first-order valence-electron chi connectivity index (χ1n) is 8.22. The van der Waals surface area contributed by atoms with Crippen LogP contribution in [0, 0.1) is 0 Å². The molecule has 5 heteroatoms. The van der Waals surface area contributed by atoms with Gasteiger partial charge in [0, 0.05) is 5.92 Å². The second-order valence-electron chi connectivity index (χ2n) is 6.62. The van der Waals surface area contributed by atoms with Crippen LogP contribution >= 0.6 is 0 Å². The molecule has 0 amide bonds. The van der Waals surface area contributed by atoms with Gasteiger partial charge in [-0.3, -0.25) is 4.79 Å². The Balaban J connectivity index is 1.83. The Morgan fingerprint density at radius 1 is 1.22 bits per heavy atom. The molecule has 1 saturated carbocycles. The van der Waals surface area contributed by atoms with Crippen LogP contribution in [0.1, 0.15) is 56.3 Å². The van der Waals surface area contributed by atoms with Crippen LogP contribution in [-0.4, -0.2) is 19.7 Å². The maximum absolute atomic E-state index is 12.3. The summed E-state index contributed by atoms with van der Waals surface area (Å²) in [5.74, 6) is 1.68. The minimum atomic E-state index is -0.0954. The molecule has 23 heavy (non-hydrogen) atoms. The van der Waals surface area contributed by atoms with E-state index in [1.807, 2.05) is 12.1 Å². The van der Waals surface area contributed by atoms with Gasteiger partial charge < -0.3 is 4.98 Å². The summed E-state index contributed by atoms with van der Waals surface area (Å²) in [7, 11) is 0. The lowest BCUT2D eigenvalue weighted by Gasteiger charge is -2.23. The number of H-pyrrole nitrogens is 1. The third kappa shape index (κ3) is 2.36. The number of benzene rings is 1. The molecule has 0 spiro atoms. The first kappa shape index (κ1) is 14.2. The average Bonchev–Trinajstić information content (AvgIpc) is 2.90. The summed E-state index contributed by atoms with van der Waals surface area (Å²) in [6.45, 7) is 4.34. The predicted molar refractivity (Wildman–Crippen MR) is 90.2 cm³/mol. The van der Waals surface area contributed by atoms with Crippen LogP contribution in [0.3, 0.4) is 0 Å². The van der Waals surface area contributed by atoms with Crippen molar-refractivity contribution in [3.8, 4) is 5.69 Å². The fourth-order valence-corrected chi connectivity index (χ4v) is 3.00. The smallest absolute Gasteiger partial charge is 0.262 e. The molecule has 0 radical (unpaired) electrons. The summed E-state index contributed by atoms with van der Waals surface area (Å²) in [5.41, 5.74) is 2.77. The van der Waals surface area contributed by atoms with Crippen molar-refractivity contribution in [1.82, 2.24) is 19.7 Å². The van der Waals surface area contributed by atoms with Crippen LogP contribution in [-0.2, 0) is 0 Å². The van der Waals surface area contributed by atoms with Crippen LogP contribution in [0.5, 0.6) is 0 Å². The number of nitrogens with zero attached hydrogens (tertiary/aromatic N) is 3. The Kier molecular flexibility index (Phi) is 3.29. The molecule has 1 aliphatic rings. The fraction of sp³-hybridized carbons (Fsp3) is 0.389. The first-order chi connectivity index (χ1) is 11.1. The number of hydrogen-bond acceptors (Lipinski definition) is 3. The molecule has 4 rings (SSSR count). The highest BCUT2D eigenvalue weighted by atomic mass is 16.1. The van der Waals surface area contributed by atoms with E-state index in [1.165, 1.54) is 12.0 Å². The average molecular weight is 308 g/mol. The van der Waals surface area contributed by atoms with E-state index < -0.39 is 0 Å². The van der Waals surface area contributed by atoms with E-state index in [2.05, 4.69) is 36.1 Å². The van der Waals surface area contributed by atoms with Crippen molar-refractivity contribution in [3.05, 3.63) is 52.2 Å². The van der Waals surface area contributed by atoms with Gasteiger partial charge in [0.1, 0.15) is 11.2 Å². The van der Waals surface area contributed by atoms with Crippen LogP contribution in [0.2, 0.25) is 0 Å². The van der Waals surface area contributed by atoms with Gasteiger partial charge in [0.05, 0.1) is 11.9 Å². The van der Waals surface area contributed by atoms with Gasteiger partial charge in [0.15, 0.2) is 5.65 Å². The molecule has 0 bridgehead atoms. The zero-order valence-electron chi connectivity index (χ0n) is 13.4. The molecule has 118 valence electrons. The Hall–Kier alpha value is -2.43. The third-order valence-electron chi connectivity index (χ3n) is 4.75. The van der Waals surface area contributed by atoms with Crippen LogP contribution in [0.4, 0.5) is 0 Å². The zero-order valence-corrected chi connectivity index (χ0v) is 13.4. The van der Waals surface area contributed by atoms with E-state index in [-0.39, 0.29) is 5.56 Å². The summed E-state index contributed by atoms with van der Waals surface area (Å²) < 4.78 is 1.76. The highest BCUT2D eigenvalue weighted by Crippen LogP contribution is 2.34. The Morgan fingerprint density at radius 3 is 2.57 bits per heavy atom. The molecular formula is C18H20N4O. The second kappa shape index (κ2) is 5.33. The maximum Gasteiger partial charge on any atom is 0.262 e. The van der Waals surface area contributed by atoms with E-state index >= 15 is 0 Å². The first-order valence-corrected chi connectivity index (χ1v) is 8.22. The number of aromatic nitrogens is 4. The Bertz CT molecular complexity index is 901. The predicted octanol–water partition coefficient (Wildman–Crippen LogP) is 3.50. The Morgan fingerprint density at radius 2 is 1.96 bits per heavy atom. The molecule has 2 heterocycles. The number of fused-ring (bicyclic) bond motifs is 1. The van der Waals surface area contributed by atoms with Crippen molar-refractivity contribution in [1.29, 1.82) is 0 Å². The number of hydrogen-bond donors (Lipinski definition) is 1. The lowest BCUT2D eigenvalue weighted by atomic mass is 9.85. The van der Waals surface area contributed by atoms with E-state index in [0.29, 0.717) is 22.9 Å². The van der Waals surface area contributed by atoms with Gasteiger partial charge in [0.25, 0.3) is 5.56 Å². The fourth-order valence-electron chi connectivity index (χ4n) is 3.00. The summed E-state index contributed by atoms with van der Waals surface area (Å²) in [4.78, 5) is 19.9. The van der Waals surface area contributed by atoms with Gasteiger partial charge in [-0.2, -0.15) is 5.10 Å². The van der Waals surface area contributed by atoms with Crippen molar-refractivity contribution in [2.75, 3.05) is 0 Å². The SMILES string of the molecule is CC(C)c1ccc(-n2ncc3c(=O)[nH]c(C4CCC4)nc32)cc1. The van der Waals surface area contributed by atoms with Gasteiger partial charge in [-0.05, 0) is 36.5 Å². The quantitative estimate of drug-likeness (QED) is 0.805. The molecule has 1 fully saturated rings. The molecule has 3 aromatic rings. The minimum Gasteiger partial charge on any atom is -0.310 e. The van der Waals surface area contributed by atoms with E-state index in [0.717, 1.165) is 24.4 Å². The third-order valence-corrected chi connectivity index (χ3v) is 4.75. The topological polar surface area (TPSA) is 63.6 Å². The van der Waals surface area contributed by atoms with E-state index in [1.54, 1.807) is 10.9 Å². The monoisotopic (exact) mass is 308 g/mol. The molecule has 0 saturated heterocycles. The van der Waals surface area contributed by atoms with Crippen LogP contribution < -0.4 is 5.56 Å². The molecule has 1 N–H and O–H groups in total. The standard InChI is InChI=1S/C18H20N4O/c1-11(2)12-6-8-14(9-7-12)22-17-15(10-19-22)18(23)21-16(20-17)13-4-3-5-13/h6-11,13H,3-5H2,1-2H3,(H,20,21,23).